The van der Waals surface area contributed by atoms with Crippen LogP contribution in [0, 0.1) is 0 Å². The molecular formula is C6H13ClO2. The molecule has 0 saturated heterocycles. The first kappa shape index (κ1) is 9.21. The maximum Gasteiger partial charge on any atom is 0.0825 e. The zero-order valence-corrected chi connectivity index (χ0v) is 6.30. The molecule has 0 aliphatic heterocycles. The van der Waals surface area contributed by atoms with Crippen molar-refractivity contribution >= 4 is 11.6 Å². The predicted octanol–water partition coefficient (Wildman–Crippen LogP) is 0.747. The third kappa shape index (κ3) is 3.73. The highest BCUT2D eigenvalue weighted by atomic mass is 35.5. The third-order valence-corrected chi connectivity index (χ3v) is 1.61. The Bertz CT molecular complexity index is 68.1. The summed E-state index contributed by atoms with van der Waals surface area (Å²) in [4.78, 5) is 0. The number of alkyl halides is 1. The highest BCUT2D eigenvalue weighted by molar-refractivity contribution is 6.21. The van der Waals surface area contributed by atoms with Gasteiger partial charge in [-0.3, -0.25) is 0 Å². The molecule has 0 aromatic rings. The van der Waals surface area contributed by atoms with Crippen LogP contribution in [0.5, 0.6) is 0 Å². The average molecular weight is 153 g/mol. The van der Waals surface area contributed by atoms with Gasteiger partial charge in [-0.15, -0.1) is 11.6 Å². The zero-order chi connectivity index (χ0) is 7.28. The molecule has 2 N–H and O–H groups in total. The topological polar surface area (TPSA) is 40.5 Å². The van der Waals surface area contributed by atoms with Crippen LogP contribution in [0.3, 0.4) is 0 Å². The summed E-state index contributed by atoms with van der Waals surface area (Å²) in [5.41, 5.74) is 0. The van der Waals surface area contributed by atoms with Gasteiger partial charge in [0.15, 0.2) is 0 Å². The fraction of sp³-hybridized carbons (Fsp3) is 1.00. The van der Waals surface area contributed by atoms with Gasteiger partial charge in [-0.1, -0.05) is 13.3 Å². The fourth-order valence-electron chi connectivity index (χ4n) is 0.598. The van der Waals surface area contributed by atoms with Gasteiger partial charge in [0.25, 0.3) is 0 Å². The van der Waals surface area contributed by atoms with Gasteiger partial charge >= 0.3 is 0 Å². The summed E-state index contributed by atoms with van der Waals surface area (Å²) in [7, 11) is 0. The smallest absolute Gasteiger partial charge is 0.0825 e. The van der Waals surface area contributed by atoms with Gasteiger partial charge < -0.3 is 10.2 Å². The summed E-state index contributed by atoms with van der Waals surface area (Å²) < 4.78 is 0. The van der Waals surface area contributed by atoms with Crippen LogP contribution in [-0.2, 0) is 0 Å². The molecule has 0 aliphatic carbocycles. The minimum Gasteiger partial charge on any atom is -0.395 e. The van der Waals surface area contributed by atoms with E-state index in [0.717, 1.165) is 6.42 Å². The fourth-order valence-corrected chi connectivity index (χ4v) is 0.724. The normalized spacial score (nSPS) is 17.3. The van der Waals surface area contributed by atoms with Gasteiger partial charge in [0, 0.05) is 0 Å². The first-order valence-electron chi connectivity index (χ1n) is 3.15. The Labute approximate surface area is 60.5 Å². The van der Waals surface area contributed by atoms with E-state index in [1.807, 2.05) is 6.92 Å². The lowest BCUT2D eigenvalue weighted by Gasteiger charge is -2.12. The summed E-state index contributed by atoms with van der Waals surface area (Å²) in [6, 6.07) is 0. The number of aliphatic hydroxyl groups is 2. The second-order valence-electron chi connectivity index (χ2n) is 2.05. The van der Waals surface area contributed by atoms with Crippen LogP contribution in [0.25, 0.3) is 0 Å². The number of aliphatic hydroxyl groups excluding tert-OH is 2. The average Bonchev–Trinajstić information content (AvgIpc) is 1.87. The number of rotatable bonds is 4. The molecule has 0 saturated carbocycles. The molecule has 2 unspecified atom stereocenters. The molecule has 56 valence electrons. The van der Waals surface area contributed by atoms with Gasteiger partial charge in [0.05, 0.1) is 18.1 Å². The van der Waals surface area contributed by atoms with Gasteiger partial charge in [-0.25, -0.2) is 0 Å². The van der Waals surface area contributed by atoms with Crippen LogP contribution >= 0.6 is 11.6 Å². The summed E-state index contributed by atoms with van der Waals surface area (Å²) in [5.74, 6) is 0. The molecule has 9 heavy (non-hydrogen) atoms. The van der Waals surface area contributed by atoms with Crippen molar-refractivity contribution in [3.8, 4) is 0 Å². The van der Waals surface area contributed by atoms with Crippen LogP contribution in [0.1, 0.15) is 19.8 Å². The molecule has 0 fully saturated rings. The SMILES string of the molecule is CCCC(O)C(Cl)CO. The Hall–Kier alpha value is 0.210. The van der Waals surface area contributed by atoms with Crippen LogP contribution < -0.4 is 0 Å². The second kappa shape index (κ2) is 5.03. The summed E-state index contributed by atoms with van der Waals surface area (Å²) in [6.07, 6.45) is 1.00. The van der Waals surface area contributed by atoms with E-state index >= 15 is 0 Å². The van der Waals surface area contributed by atoms with E-state index in [4.69, 9.17) is 21.8 Å². The molecule has 0 aromatic carbocycles. The van der Waals surface area contributed by atoms with Crippen molar-refractivity contribution in [2.24, 2.45) is 0 Å². The monoisotopic (exact) mass is 152 g/mol. The van der Waals surface area contributed by atoms with Gasteiger partial charge in [0.1, 0.15) is 0 Å². The highest BCUT2D eigenvalue weighted by Gasteiger charge is 2.12. The van der Waals surface area contributed by atoms with Gasteiger partial charge in [-0.2, -0.15) is 0 Å². The number of hydrogen-bond donors (Lipinski definition) is 2. The van der Waals surface area contributed by atoms with Crippen LogP contribution in [-0.4, -0.2) is 28.3 Å². The molecule has 0 spiro atoms. The predicted molar refractivity (Wildman–Crippen MR) is 37.6 cm³/mol. The lowest BCUT2D eigenvalue weighted by Crippen LogP contribution is -2.23. The van der Waals surface area contributed by atoms with E-state index in [0.29, 0.717) is 6.42 Å². The Kier molecular flexibility index (Phi) is 5.15. The highest BCUT2D eigenvalue weighted by Crippen LogP contribution is 2.07. The van der Waals surface area contributed by atoms with E-state index in [1.165, 1.54) is 0 Å². The minimum atomic E-state index is -0.554. The van der Waals surface area contributed by atoms with Crippen molar-refractivity contribution in [3.63, 3.8) is 0 Å². The Balaban J connectivity index is 3.32. The molecule has 0 radical (unpaired) electrons. The van der Waals surface area contributed by atoms with Crippen LogP contribution in [0.2, 0.25) is 0 Å². The molecule has 2 nitrogen and oxygen atoms in total. The maximum atomic E-state index is 9.03. The Morgan fingerprint density at radius 3 is 2.44 bits per heavy atom. The van der Waals surface area contributed by atoms with Crippen LogP contribution in [0.4, 0.5) is 0 Å². The Morgan fingerprint density at radius 2 is 2.11 bits per heavy atom. The van der Waals surface area contributed by atoms with E-state index < -0.39 is 11.5 Å². The zero-order valence-electron chi connectivity index (χ0n) is 5.55. The maximum absolute atomic E-state index is 9.03. The lowest BCUT2D eigenvalue weighted by atomic mass is 10.1. The largest absolute Gasteiger partial charge is 0.395 e. The third-order valence-electron chi connectivity index (χ3n) is 1.18. The standard InChI is InChI=1S/C6H13ClO2/c1-2-3-6(9)5(7)4-8/h5-6,8-9H,2-4H2,1H3. The minimum absolute atomic E-state index is 0.150. The van der Waals surface area contributed by atoms with Crippen LogP contribution in [0.15, 0.2) is 0 Å². The first-order valence-corrected chi connectivity index (χ1v) is 3.59. The molecule has 0 heterocycles. The number of halogens is 1. The summed E-state index contributed by atoms with van der Waals surface area (Å²) >= 11 is 5.49. The van der Waals surface area contributed by atoms with E-state index in [9.17, 15) is 0 Å². The summed E-state index contributed by atoms with van der Waals surface area (Å²) in [6.45, 7) is 1.81. The number of hydrogen-bond acceptors (Lipinski definition) is 2. The molecule has 0 amide bonds. The molecule has 0 rings (SSSR count). The quantitative estimate of drug-likeness (QED) is 0.584. The van der Waals surface area contributed by atoms with Gasteiger partial charge in [0.2, 0.25) is 0 Å². The molecule has 2 atom stereocenters. The van der Waals surface area contributed by atoms with Crippen molar-refractivity contribution in [2.75, 3.05) is 6.61 Å². The van der Waals surface area contributed by atoms with Crippen molar-refractivity contribution in [1.82, 2.24) is 0 Å². The van der Waals surface area contributed by atoms with E-state index in [1.54, 1.807) is 0 Å². The van der Waals surface area contributed by atoms with Crippen molar-refractivity contribution in [1.29, 1.82) is 0 Å². The molecule has 3 heteroatoms. The molecule has 0 aliphatic rings. The molecular weight excluding hydrogens is 140 g/mol. The molecule has 0 aromatic heterocycles. The summed E-state index contributed by atoms with van der Waals surface area (Å²) in [5, 5.41) is 17.0. The Morgan fingerprint density at radius 1 is 1.56 bits per heavy atom. The lowest BCUT2D eigenvalue weighted by molar-refractivity contribution is 0.129. The van der Waals surface area contributed by atoms with E-state index in [2.05, 4.69) is 0 Å². The van der Waals surface area contributed by atoms with Crippen molar-refractivity contribution < 1.29 is 10.2 Å². The van der Waals surface area contributed by atoms with Crippen molar-refractivity contribution in [3.05, 3.63) is 0 Å². The second-order valence-corrected chi connectivity index (χ2v) is 2.62. The first-order chi connectivity index (χ1) is 4.22. The van der Waals surface area contributed by atoms with Gasteiger partial charge in [-0.05, 0) is 6.42 Å². The molecule has 0 bridgehead atoms. The van der Waals surface area contributed by atoms with E-state index in [-0.39, 0.29) is 6.61 Å². The van der Waals surface area contributed by atoms with Crippen molar-refractivity contribution in [2.45, 2.75) is 31.2 Å².